The first-order valence-corrected chi connectivity index (χ1v) is 3.93. The zero-order valence-corrected chi connectivity index (χ0v) is 7.83. The molecular formula is C8H17NO3. The van der Waals surface area contributed by atoms with E-state index in [4.69, 9.17) is 15.6 Å². The fourth-order valence-corrected chi connectivity index (χ4v) is 0.662. The summed E-state index contributed by atoms with van der Waals surface area (Å²) in [6.07, 6.45) is 0.0633. The van der Waals surface area contributed by atoms with Crippen molar-refractivity contribution in [2.75, 3.05) is 6.61 Å². The van der Waals surface area contributed by atoms with Crippen LogP contribution >= 0.6 is 0 Å². The Labute approximate surface area is 72.7 Å². The van der Waals surface area contributed by atoms with Crippen molar-refractivity contribution in [1.82, 2.24) is 0 Å². The number of carbonyl (C=O) groups is 1. The molecule has 0 aliphatic heterocycles. The van der Waals surface area contributed by atoms with E-state index in [0.29, 0.717) is 0 Å². The summed E-state index contributed by atoms with van der Waals surface area (Å²) in [5.41, 5.74) is 4.86. The molecule has 12 heavy (non-hydrogen) atoms. The van der Waals surface area contributed by atoms with Gasteiger partial charge in [0, 0.05) is 6.04 Å². The van der Waals surface area contributed by atoms with Crippen LogP contribution in [-0.2, 0) is 9.53 Å². The lowest BCUT2D eigenvalue weighted by atomic mass is 10.2. The topological polar surface area (TPSA) is 72.5 Å². The van der Waals surface area contributed by atoms with Crippen LogP contribution in [0.25, 0.3) is 0 Å². The molecule has 72 valence electrons. The maximum absolute atomic E-state index is 11.0. The van der Waals surface area contributed by atoms with E-state index in [-0.39, 0.29) is 19.0 Å². The van der Waals surface area contributed by atoms with Crippen LogP contribution in [0.1, 0.15) is 27.2 Å². The summed E-state index contributed by atoms with van der Waals surface area (Å²) in [4.78, 5) is 11.0. The van der Waals surface area contributed by atoms with E-state index in [1.54, 1.807) is 20.8 Å². The molecule has 0 aliphatic rings. The van der Waals surface area contributed by atoms with Crippen molar-refractivity contribution < 1.29 is 14.6 Å². The highest BCUT2D eigenvalue weighted by Gasteiger charge is 2.17. The maximum Gasteiger partial charge on any atom is 0.307 e. The summed E-state index contributed by atoms with van der Waals surface area (Å²) in [5, 5.41) is 8.55. The number of hydrogen-bond donors (Lipinski definition) is 2. The smallest absolute Gasteiger partial charge is 0.307 e. The molecule has 0 aliphatic carbocycles. The number of carbonyl (C=O) groups excluding carboxylic acids is 1. The standard InChI is InChI=1S/C8H17NO3/c1-8(2,3)12-7(11)4-6(9)5-10/h6,10H,4-5,9H2,1-3H3. The Morgan fingerprint density at radius 3 is 2.42 bits per heavy atom. The van der Waals surface area contributed by atoms with Crippen molar-refractivity contribution in [3.63, 3.8) is 0 Å². The Balaban J connectivity index is 3.75. The number of ether oxygens (including phenoxy) is 1. The maximum atomic E-state index is 11.0. The summed E-state index contributed by atoms with van der Waals surface area (Å²) >= 11 is 0. The second-order valence-corrected chi connectivity index (χ2v) is 3.73. The van der Waals surface area contributed by atoms with E-state index in [2.05, 4.69) is 0 Å². The van der Waals surface area contributed by atoms with Gasteiger partial charge in [0.2, 0.25) is 0 Å². The van der Waals surface area contributed by atoms with Gasteiger partial charge in [-0.1, -0.05) is 0 Å². The van der Waals surface area contributed by atoms with E-state index in [1.165, 1.54) is 0 Å². The third-order valence-electron chi connectivity index (χ3n) is 1.08. The van der Waals surface area contributed by atoms with Crippen molar-refractivity contribution in [1.29, 1.82) is 0 Å². The van der Waals surface area contributed by atoms with Gasteiger partial charge < -0.3 is 15.6 Å². The van der Waals surface area contributed by atoms with Gasteiger partial charge in [0.25, 0.3) is 0 Å². The third kappa shape index (κ3) is 6.12. The highest BCUT2D eigenvalue weighted by atomic mass is 16.6. The summed E-state index contributed by atoms with van der Waals surface area (Å²) in [6, 6.07) is -0.514. The van der Waals surface area contributed by atoms with E-state index in [9.17, 15) is 4.79 Å². The molecule has 4 heteroatoms. The summed E-state index contributed by atoms with van der Waals surface area (Å²) in [7, 11) is 0. The van der Waals surface area contributed by atoms with Gasteiger partial charge in [0.15, 0.2) is 0 Å². The average Bonchev–Trinajstić information content (AvgIpc) is 1.82. The van der Waals surface area contributed by atoms with Crippen LogP contribution < -0.4 is 5.73 Å². The molecule has 4 nitrogen and oxygen atoms in total. The van der Waals surface area contributed by atoms with Gasteiger partial charge in [-0.15, -0.1) is 0 Å². The molecule has 0 bridgehead atoms. The molecule has 0 aromatic heterocycles. The van der Waals surface area contributed by atoms with Gasteiger partial charge in [0.1, 0.15) is 5.60 Å². The first kappa shape index (κ1) is 11.4. The molecule has 0 radical (unpaired) electrons. The van der Waals surface area contributed by atoms with Crippen LogP contribution in [-0.4, -0.2) is 29.3 Å². The lowest BCUT2D eigenvalue weighted by Crippen LogP contribution is -2.32. The van der Waals surface area contributed by atoms with Crippen LogP contribution in [0.5, 0.6) is 0 Å². The first-order chi connectivity index (χ1) is 5.35. The second kappa shape index (κ2) is 4.42. The van der Waals surface area contributed by atoms with E-state index >= 15 is 0 Å². The Bertz CT molecular complexity index is 151. The Morgan fingerprint density at radius 2 is 2.08 bits per heavy atom. The zero-order chi connectivity index (χ0) is 9.78. The lowest BCUT2D eigenvalue weighted by Gasteiger charge is -2.20. The Kier molecular flexibility index (Phi) is 4.20. The molecule has 0 amide bonds. The van der Waals surface area contributed by atoms with Gasteiger partial charge in [-0.3, -0.25) is 4.79 Å². The molecular weight excluding hydrogens is 158 g/mol. The Hall–Kier alpha value is -0.610. The van der Waals surface area contributed by atoms with Gasteiger partial charge >= 0.3 is 5.97 Å². The van der Waals surface area contributed by atoms with Crippen LogP contribution in [0.3, 0.4) is 0 Å². The molecule has 1 unspecified atom stereocenters. The van der Waals surface area contributed by atoms with Gasteiger partial charge in [-0.05, 0) is 20.8 Å². The molecule has 0 saturated heterocycles. The summed E-state index contributed by atoms with van der Waals surface area (Å²) < 4.78 is 4.98. The molecule has 0 aromatic carbocycles. The number of hydrogen-bond acceptors (Lipinski definition) is 4. The zero-order valence-electron chi connectivity index (χ0n) is 7.83. The van der Waals surface area contributed by atoms with E-state index in [0.717, 1.165) is 0 Å². The molecule has 0 rings (SSSR count). The van der Waals surface area contributed by atoms with E-state index in [1.807, 2.05) is 0 Å². The average molecular weight is 175 g/mol. The summed E-state index contributed by atoms with van der Waals surface area (Å²) in [6.45, 7) is 5.17. The monoisotopic (exact) mass is 175 g/mol. The fraction of sp³-hybridized carbons (Fsp3) is 0.875. The van der Waals surface area contributed by atoms with Crippen molar-refractivity contribution in [2.45, 2.75) is 38.8 Å². The molecule has 3 N–H and O–H groups in total. The minimum absolute atomic E-state index is 0.0633. The van der Waals surface area contributed by atoms with E-state index < -0.39 is 11.6 Å². The normalized spacial score (nSPS) is 14.1. The number of esters is 1. The molecule has 0 fully saturated rings. The highest BCUT2D eigenvalue weighted by molar-refractivity contribution is 5.70. The SMILES string of the molecule is CC(C)(C)OC(=O)CC(N)CO. The van der Waals surface area contributed by atoms with Crippen LogP contribution in [0.4, 0.5) is 0 Å². The van der Waals surface area contributed by atoms with Crippen molar-refractivity contribution in [3.05, 3.63) is 0 Å². The third-order valence-corrected chi connectivity index (χ3v) is 1.08. The predicted octanol–water partition coefficient (Wildman–Crippen LogP) is 0.0378. The first-order valence-electron chi connectivity index (χ1n) is 3.93. The largest absolute Gasteiger partial charge is 0.460 e. The van der Waals surface area contributed by atoms with Crippen molar-refractivity contribution in [3.8, 4) is 0 Å². The minimum Gasteiger partial charge on any atom is -0.460 e. The molecule has 0 saturated carbocycles. The molecule has 0 heterocycles. The number of aliphatic hydroxyl groups excluding tert-OH is 1. The van der Waals surface area contributed by atoms with Crippen LogP contribution in [0.15, 0.2) is 0 Å². The van der Waals surface area contributed by atoms with Crippen LogP contribution in [0.2, 0.25) is 0 Å². The molecule has 1 atom stereocenters. The number of nitrogens with two attached hydrogens (primary N) is 1. The minimum atomic E-state index is -0.514. The number of aliphatic hydroxyl groups is 1. The van der Waals surface area contributed by atoms with Crippen molar-refractivity contribution in [2.24, 2.45) is 5.73 Å². The second-order valence-electron chi connectivity index (χ2n) is 3.73. The summed E-state index contributed by atoms with van der Waals surface area (Å²) in [5.74, 6) is -0.371. The van der Waals surface area contributed by atoms with Gasteiger partial charge in [-0.2, -0.15) is 0 Å². The van der Waals surface area contributed by atoms with Crippen LogP contribution in [0, 0.1) is 0 Å². The molecule has 0 spiro atoms. The predicted molar refractivity (Wildman–Crippen MR) is 45.5 cm³/mol. The number of rotatable bonds is 3. The lowest BCUT2D eigenvalue weighted by molar-refractivity contribution is -0.155. The van der Waals surface area contributed by atoms with Gasteiger partial charge in [0.05, 0.1) is 13.0 Å². The Morgan fingerprint density at radius 1 is 1.58 bits per heavy atom. The van der Waals surface area contributed by atoms with Crippen molar-refractivity contribution >= 4 is 5.97 Å². The fourth-order valence-electron chi connectivity index (χ4n) is 0.662. The van der Waals surface area contributed by atoms with Gasteiger partial charge in [-0.25, -0.2) is 0 Å². The highest BCUT2D eigenvalue weighted by Crippen LogP contribution is 2.08. The quantitative estimate of drug-likeness (QED) is 0.594. The molecule has 0 aromatic rings.